The summed E-state index contributed by atoms with van der Waals surface area (Å²) < 4.78 is 11.2. The second kappa shape index (κ2) is 7.46. The first-order valence-electron chi connectivity index (χ1n) is 7.15. The zero-order chi connectivity index (χ0) is 16.9. The quantitative estimate of drug-likeness (QED) is 0.634. The van der Waals surface area contributed by atoms with Gasteiger partial charge in [0.1, 0.15) is 11.5 Å². The normalized spacial score (nSPS) is 11.7. The molecule has 0 aliphatic rings. The molecule has 23 heavy (non-hydrogen) atoms. The molecule has 1 amide bonds. The van der Waals surface area contributed by atoms with E-state index in [1.807, 2.05) is 24.3 Å². The summed E-state index contributed by atoms with van der Waals surface area (Å²) in [6.07, 6.45) is 1.42. The van der Waals surface area contributed by atoms with Gasteiger partial charge in [-0.2, -0.15) is 5.10 Å². The summed E-state index contributed by atoms with van der Waals surface area (Å²) in [5.41, 5.74) is 3.68. The SMILES string of the molecule is CC(C)(C)c1ccc(OCC(=O)N/N=C/c2ccc(Br)o2)cc1. The summed E-state index contributed by atoms with van der Waals surface area (Å²) in [6, 6.07) is 11.2. The number of benzene rings is 1. The highest BCUT2D eigenvalue weighted by atomic mass is 79.9. The molecule has 122 valence electrons. The molecule has 0 radical (unpaired) electrons. The monoisotopic (exact) mass is 378 g/mol. The van der Waals surface area contributed by atoms with Gasteiger partial charge in [0.05, 0.1) is 6.21 Å². The molecule has 1 N–H and O–H groups in total. The highest BCUT2D eigenvalue weighted by molar-refractivity contribution is 9.10. The van der Waals surface area contributed by atoms with Crippen LogP contribution in [0.3, 0.4) is 0 Å². The van der Waals surface area contributed by atoms with Crippen molar-refractivity contribution in [1.82, 2.24) is 5.43 Å². The lowest BCUT2D eigenvalue weighted by atomic mass is 9.87. The topological polar surface area (TPSA) is 63.8 Å². The number of carbonyl (C=O) groups excluding carboxylic acids is 1. The Hall–Kier alpha value is -2.08. The summed E-state index contributed by atoms with van der Waals surface area (Å²) in [5.74, 6) is 0.842. The van der Waals surface area contributed by atoms with E-state index in [0.29, 0.717) is 16.2 Å². The number of nitrogens with zero attached hydrogens (tertiary/aromatic N) is 1. The Labute approximate surface area is 143 Å². The molecule has 0 saturated carbocycles. The van der Waals surface area contributed by atoms with Gasteiger partial charge >= 0.3 is 0 Å². The molecular weight excluding hydrogens is 360 g/mol. The highest BCUT2D eigenvalue weighted by Gasteiger charge is 2.13. The minimum absolute atomic E-state index is 0.0888. The van der Waals surface area contributed by atoms with Gasteiger partial charge in [-0.05, 0) is 51.2 Å². The maximum absolute atomic E-state index is 11.6. The van der Waals surface area contributed by atoms with Crippen LogP contribution in [0.1, 0.15) is 32.1 Å². The van der Waals surface area contributed by atoms with Crippen molar-refractivity contribution in [3.8, 4) is 5.75 Å². The second-order valence-electron chi connectivity index (χ2n) is 6.00. The largest absolute Gasteiger partial charge is 0.484 e. The first-order valence-corrected chi connectivity index (χ1v) is 7.94. The fourth-order valence-corrected chi connectivity index (χ4v) is 2.12. The van der Waals surface area contributed by atoms with Crippen LogP contribution in [-0.4, -0.2) is 18.7 Å². The third kappa shape index (κ3) is 5.56. The number of hydrazone groups is 1. The first kappa shape index (κ1) is 17.3. The maximum Gasteiger partial charge on any atom is 0.277 e. The van der Waals surface area contributed by atoms with E-state index in [-0.39, 0.29) is 17.9 Å². The van der Waals surface area contributed by atoms with Crippen LogP contribution in [0.2, 0.25) is 0 Å². The zero-order valence-electron chi connectivity index (χ0n) is 13.3. The number of nitrogens with one attached hydrogen (secondary N) is 1. The van der Waals surface area contributed by atoms with Gasteiger partial charge in [-0.15, -0.1) is 0 Å². The van der Waals surface area contributed by atoms with Crippen molar-refractivity contribution in [1.29, 1.82) is 0 Å². The maximum atomic E-state index is 11.6. The van der Waals surface area contributed by atoms with E-state index < -0.39 is 0 Å². The van der Waals surface area contributed by atoms with Crippen molar-refractivity contribution in [3.05, 3.63) is 52.4 Å². The molecule has 1 aromatic heterocycles. The Morgan fingerprint density at radius 2 is 1.96 bits per heavy atom. The standard InChI is InChI=1S/C17H19BrN2O3/c1-17(2,3)12-4-6-13(7-5-12)22-11-16(21)20-19-10-14-8-9-15(18)23-14/h4-10H,11H2,1-3H3,(H,20,21)/b19-10+. The highest BCUT2D eigenvalue weighted by Crippen LogP contribution is 2.24. The van der Waals surface area contributed by atoms with Gasteiger partial charge in [0, 0.05) is 0 Å². The summed E-state index contributed by atoms with van der Waals surface area (Å²) in [6.45, 7) is 6.33. The van der Waals surface area contributed by atoms with Crippen LogP contribution in [0.5, 0.6) is 5.75 Å². The predicted molar refractivity (Wildman–Crippen MR) is 92.8 cm³/mol. The fraction of sp³-hybridized carbons (Fsp3) is 0.294. The number of carbonyl (C=O) groups is 1. The Kier molecular flexibility index (Phi) is 5.60. The van der Waals surface area contributed by atoms with Crippen LogP contribution in [0.4, 0.5) is 0 Å². The van der Waals surface area contributed by atoms with Gasteiger partial charge in [0.15, 0.2) is 11.3 Å². The fourth-order valence-electron chi connectivity index (χ4n) is 1.80. The van der Waals surface area contributed by atoms with Gasteiger partial charge in [-0.25, -0.2) is 5.43 Å². The molecule has 6 heteroatoms. The van der Waals surface area contributed by atoms with E-state index in [2.05, 4.69) is 47.2 Å². The predicted octanol–water partition coefficient (Wildman–Crippen LogP) is 3.87. The van der Waals surface area contributed by atoms with Gasteiger partial charge in [0.2, 0.25) is 0 Å². The van der Waals surface area contributed by atoms with Crippen molar-refractivity contribution in [3.63, 3.8) is 0 Å². The first-order chi connectivity index (χ1) is 10.8. The number of halogens is 1. The van der Waals surface area contributed by atoms with Crippen molar-refractivity contribution in [2.75, 3.05) is 6.61 Å². The van der Waals surface area contributed by atoms with Gasteiger partial charge in [0.25, 0.3) is 5.91 Å². The smallest absolute Gasteiger partial charge is 0.277 e. The Morgan fingerprint density at radius 3 is 2.52 bits per heavy atom. The Morgan fingerprint density at radius 1 is 1.26 bits per heavy atom. The molecule has 2 rings (SSSR count). The van der Waals surface area contributed by atoms with E-state index in [0.717, 1.165) is 0 Å². The molecule has 1 heterocycles. The van der Waals surface area contributed by atoms with Gasteiger partial charge in [-0.3, -0.25) is 4.79 Å². The van der Waals surface area contributed by atoms with Gasteiger partial charge in [-0.1, -0.05) is 32.9 Å². The molecule has 0 atom stereocenters. The summed E-state index contributed by atoms with van der Waals surface area (Å²) in [5, 5.41) is 3.79. The van der Waals surface area contributed by atoms with Crippen molar-refractivity contribution >= 4 is 28.1 Å². The lowest BCUT2D eigenvalue weighted by Gasteiger charge is -2.19. The van der Waals surface area contributed by atoms with Crippen molar-refractivity contribution in [2.45, 2.75) is 26.2 Å². The molecule has 5 nitrogen and oxygen atoms in total. The third-order valence-electron chi connectivity index (χ3n) is 3.07. The van der Waals surface area contributed by atoms with E-state index in [1.54, 1.807) is 12.1 Å². The molecule has 0 unspecified atom stereocenters. The number of rotatable bonds is 5. The summed E-state index contributed by atoms with van der Waals surface area (Å²) in [7, 11) is 0. The van der Waals surface area contributed by atoms with Crippen LogP contribution in [0.25, 0.3) is 0 Å². The number of furan rings is 1. The van der Waals surface area contributed by atoms with Crippen LogP contribution in [0, 0.1) is 0 Å². The number of hydrogen-bond acceptors (Lipinski definition) is 4. The lowest BCUT2D eigenvalue weighted by Crippen LogP contribution is -2.24. The van der Waals surface area contributed by atoms with E-state index in [9.17, 15) is 4.79 Å². The van der Waals surface area contributed by atoms with Crippen LogP contribution in [-0.2, 0) is 10.2 Å². The molecule has 0 aliphatic heterocycles. The van der Waals surface area contributed by atoms with Crippen molar-refractivity contribution in [2.24, 2.45) is 5.10 Å². The van der Waals surface area contributed by atoms with Crippen LogP contribution in [0.15, 0.2) is 50.6 Å². The summed E-state index contributed by atoms with van der Waals surface area (Å²) >= 11 is 3.19. The van der Waals surface area contributed by atoms with Crippen LogP contribution >= 0.6 is 15.9 Å². The Bertz CT molecular complexity index is 685. The van der Waals surface area contributed by atoms with Crippen molar-refractivity contribution < 1.29 is 13.9 Å². The second-order valence-corrected chi connectivity index (χ2v) is 6.78. The van der Waals surface area contributed by atoms with E-state index >= 15 is 0 Å². The molecule has 0 aliphatic carbocycles. The van der Waals surface area contributed by atoms with E-state index in [4.69, 9.17) is 9.15 Å². The molecule has 0 fully saturated rings. The molecular formula is C17H19BrN2O3. The Balaban J connectivity index is 1.79. The average Bonchev–Trinajstić information content (AvgIpc) is 2.90. The molecule has 0 spiro atoms. The number of ether oxygens (including phenoxy) is 1. The lowest BCUT2D eigenvalue weighted by molar-refractivity contribution is -0.123. The molecule has 0 saturated heterocycles. The molecule has 1 aromatic carbocycles. The van der Waals surface area contributed by atoms with Crippen LogP contribution < -0.4 is 10.2 Å². The van der Waals surface area contributed by atoms with Gasteiger partial charge < -0.3 is 9.15 Å². The third-order valence-corrected chi connectivity index (χ3v) is 3.49. The average molecular weight is 379 g/mol. The minimum Gasteiger partial charge on any atom is -0.484 e. The molecule has 0 bridgehead atoms. The number of hydrogen-bond donors (Lipinski definition) is 1. The molecule has 2 aromatic rings. The number of amides is 1. The zero-order valence-corrected chi connectivity index (χ0v) is 14.9. The summed E-state index contributed by atoms with van der Waals surface area (Å²) in [4.78, 5) is 11.6. The van der Waals surface area contributed by atoms with E-state index in [1.165, 1.54) is 11.8 Å². The minimum atomic E-state index is -0.341.